The molecule has 1 aliphatic heterocycles. The minimum atomic E-state index is -0.129. The van der Waals surface area contributed by atoms with Crippen LogP contribution in [0.5, 0.6) is 23.0 Å². The quantitative estimate of drug-likeness (QED) is 0.792. The number of rotatable bonds is 7. The maximum absolute atomic E-state index is 12.4. The van der Waals surface area contributed by atoms with Crippen molar-refractivity contribution in [1.82, 2.24) is 10.2 Å². The molecule has 0 radical (unpaired) electrons. The third-order valence-electron chi connectivity index (χ3n) is 4.51. The fourth-order valence-electron chi connectivity index (χ4n) is 3.02. The van der Waals surface area contributed by atoms with Crippen molar-refractivity contribution in [2.45, 2.75) is 13.0 Å². The minimum Gasteiger partial charge on any atom is -0.493 e. The lowest BCUT2D eigenvalue weighted by Crippen LogP contribution is -2.37. The summed E-state index contributed by atoms with van der Waals surface area (Å²) in [6.45, 7) is 2.12. The molecule has 0 aliphatic carbocycles. The molecule has 0 atom stereocenters. The minimum absolute atomic E-state index is 0.129. The molecule has 0 spiro atoms. The zero-order chi connectivity index (χ0) is 19.9. The van der Waals surface area contributed by atoms with E-state index in [1.165, 1.54) is 0 Å². The van der Waals surface area contributed by atoms with Crippen molar-refractivity contribution in [3.05, 3.63) is 47.5 Å². The van der Waals surface area contributed by atoms with Gasteiger partial charge in [-0.05, 0) is 41.8 Å². The second-order valence-electron chi connectivity index (χ2n) is 6.51. The molecule has 28 heavy (non-hydrogen) atoms. The molecule has 1 aliphatic rings. The molecule has 150 valence electrons. The molecule has 2 amide bonds. The molecule has 7 heteroatoms. The monoisotopic (exact) mass is 386 g/mol. The number of benzene rings is 2. The molecule has 2 aromatic carbocycles. The van der Waals surface area contributed by atoms with E-state index in [9.17, 15) is 4.79 Å². The van der Waals surface area contributed by atoms with Gasteiger partial charge in [0.25, 0.3) is 0 Å². The Morgan fingerprint density at radius 1 is 1.00 bits per heavy atom. The molecular formula is C21H26N2O5. The van der Waals surface area contributed by atoms with E-state index in [4.69, 9.17) is 18.9 Å². The van der Waals surface area contributed by atoms with Crippen molar-refractivity contribution in [2.24, 2.45) is 0 Å². The number of nitrogens with zero attached hydrogens (tertiary/aromatic N) is 1. The van der Waals surface area contributed by atoms with Gasteiger partial charge in [0.15, 0.2) is 23.0 Å². The zero-order valence-electron chi connectivity index (χ0n) is 16.5. The molecule has 0 saturated carbocycles. The van der Waals surface area contributed by atoms with Crippen LogP contribution in [0, 0.1) is 0 Å². The standard InChI is InChI=1S/C21H26N2O5/c1-23(14-16-5-7-18-20(13-16)28-11-10-27-18)21(24)22-9-8-15-4-6-17(25-2)19(12-15)26-3/h4-7,12-13H,8-11,14H2,1-3H3,(H,22,24). The molecule has 0 unspecified atom stereocenters. The van der Waals surface area contributed by atoms with E-state index in [1.54, 1.807) is 26.2 Å². The second kappa shape index (κ2) is 9.21. The number of carbonyl (C=O) groups is 1. The van der Waals surface area contributed by atoms with E-state index in [1.807, 2.05) is 36.4 Å². The van der Waals surface area contributed by atoms with Gasteiger partial charge in [-0.2, -0.15) is 0 Å². The van der Waals surface area contributed by atoms with Crippen molar-refractivity contribution >= 4 is 6.03 Å². The van der Waals surface area contributed by atoms with Crippen LogP contribution in [0.3, 0.4) is 0 Å². The van der Waals surface area contributed by atoms with E-state index in [2.05, 4.69) is 5.32 Å². The molecule has 1 N–H and O–H groups in total. The number of amides is 2. The van der Waals surface area contributed by atoms with Crippen molar-refractivity contribution in [3.8, 4) is 23.0 Å². The number of carbonyl (C=O) groups excluding carboxylic acids is 1. The van der Waals surface area contributed by atoms with E-state index in [0.29, 0.717) is 44.2 Å². The van der Waals surface area contributed by atoms with Crippen LogP contribution in [0.2, 0.25) is 0 Å². The van der Waals surface area contributed by atoms with Gasteiger partial charge in [0.05, 0.1) is 14.2 Å². The lowest BCUT2D eigenvalue weighted by Gasteiger charge is -2.21. The summed E-state index contributed by atoms with van der Waals surface area (Å²) in [4.78, 5) is 14.0. The third kappa shape index (κ3) is 4.79. The Labute approximate surface area is 165 Å². The fourth-order valence-corrected chi connectivity index (χ4v) is 3.02. The Morgan fingerprint density at radius 2 is 1.71 bits per heavy atom. The van der Waals surface area contributed by atoms with Crippen LogP contribution in [0.25, 0.3) is 0 Å². The summed E-state index contributed by atoms with van der Waals surface area (Å²) in [5, 5.41) is 2.94. The average molecular weight is 386 g/mol. The van der Waals surface area contributed by atoms with Crippen LogP contribution in [0.1, 0.15) is 11.1 Å². The third-order valence-corrected chi connectivity index (χ3v) is 4.51. The highest BCUT2D eigenvalue weighted by Crippen LogP contribution is 2.31. The maximum atomic E-state index is 12.4. The Hall–Kier alpha value is -3.09. The maximum Gasteiger partial charge on any atom is 0.317 e. The van der Waals surface area contributed by atoms with E-state index in [-0.39, 0.29) is 6.03 Å². The molecular weight excluding hydrogens is 360 g/mol. The number of hydrogen-bond donors (Lipinski definition) is 1. The fraction of sp³-hybridized carbons (Fsp3) is 0.381. The summed E-state index contributed by atoms with van der Waals surface area (Å²) in [6, 6.07) is 11.4. The van der Waals surface area contributed by atoms with Crippen molar-refractivity contribution in [3.63, 3.8) is 0 Å². The van der Waals surface area contributed by atoms with Crippen molar-refractivity contribution in [2.75, 3.05) is 41.0 Å². The van der Waals surface area contributed by atoms with Crippen LogP contribution < -0.4 is 24.3 Å². The number of methoxy groups -OCH3 is 2. The van der Waals surface area contributed by atoms with Gasteiger partial charge in [0.1, 0.15) is 13.2 Å². The Morgan fingerprint density at radius 3 is 2.46 bits per heavy atom. The van der Waals surface area contributed by atoms with Gasteiger partial charge >= 0.3 is 6.03 Å². The van der Waals surface area contributed by atoms with Gasteiger partial charge in [-0.1, -0.05) is 12.1 Å². The SMILES string of the molecule is COc1ccc(CCNC(=O)N(C)Cc2ccc3c(c2)OCCO3)cc1OC. The van der Waals surface area contributed by atoms with Crippen LogP contribution >= 0.6 is 0 Å². The first-order valence-corrected chi connectivity index (χ1v) is 9.19. The second-order valence-corrected chi connectivity index (χ2v) is 6.51. The highest BCUT2D eigenvalue weighted by Gasteiger charge is 2.14. The Balaban J connectivity index is 1.49. The zero-order valence-corrected chi connectivity index (χ0v) is 16.5. The number of nitrogens with one attached hydrogen (secondary N) is 1. The Bertz CT molecular complexity index is 824. The van der Waals surface area contributed by atoms with Gasteiger partial charge in [0, 0.05) is 20.1 Å². The Kier molecular flexibility index (Phi) is 6.47. The first-order valence-electron chi connectivity index (χ1n) is 9.19. The van der Waals surface area contributed by atoms with Gasteiger partial charge < -0.3 is 29.2 Å². The van der Waals surface area contributed by atoms with Gasteiger partial charge in [-0.15, -0.1) is 0 Å². The first kappa shape index (κ1) is 19.7. The van der Waals surface area contributed by atoms with Crippen LogP contribution in [0.4, 0.5) is 4.79 Å². The number of urea groups is 1. The summed E-state index contributed by atoms with van der Waals surface area (Å²) < 4.78 is 21.7. The molecule has 0 saturated heterocycles. The molecule has 0 fully saturated rings. The smallest absolute Gasteiger partial charge is 0.317 e. The number of hydrogen-bond acceptors (Lipinski definition) is 5. The number of fused-ring (bicyclic) bond motifs is 1. The predicted molar refractivity (Wildman–Crippen MR) is 106 cm³/mol. The van der Waals surface area contributed by atoms with Crippen LogP contribution in [0.15, 0.2) is 36.4 Å². The van der Waals surface area contributed by atoms with Crippen molar-refractivity contribution < 1.29 is 23.7 Å². The summed E-state index contributed by atoms with van der Waals surface area (Å²) in [5.41, 5.74) is 2.05. The molecule has 1 heterocycles. The summed E-state index contributed by atoms with van der Waals surface area (Å²) in [7, 11) is 4.98. The number of ether oxygens (including phenoxy) is 4. The van der Waals surface area contributed by atoms with Gasteiger partial charge in [-0.25, -0.2) is 4.79 Å². The summed E-state index contributed by atoms with van der Waals surface area (Å²) in [5.74, 6) is 2.85. The van der Waals surface area contributed by atoms with Gasteiger partial charge in [-0.3, -0.25) is 0 Å². The summed E-state index contributed by atoms with van der Waals surface area (Å²) >= 11 is 0. The molecule has 3 rings (SSSR count). The van der Waals surface area contributed by atoms with Crippen LogP contribution in [-0.4, -0.2) is 52.0 Å². The average Bonchev–Trinajstić information content (AvgIpc) is 2.73. The normalized spacial score (nSPS) is 12.2. The van der Waals surface area contributed by atoms with E-state index in [0.717, 1.165) is 22.6 Å². The highest BCUT2D eigenvalue weighted by atomic mass is 16.6. The molecule has 0 aromatic heterocycles. The van der Waals surface area contributed by atoms with Crippen molar-refractivity contribution in [1.29, 1.82) is 0 Å². The molecule has 0 bridgehead atoms. The topological polar surface area (TPSA) is 69.3 Å². The van der Waals surface area contributed by atoms with E-state index < -0.39 is 0 Å². The van der Waals surface area contributed by atoms with E-state index >= 15 is 0 Å². The predicted octanol–water partition coefficient (Wildman–Crippen LogP) is 2.86. The molecule has 2 aromatic rings. The molecule has 7 nitrogen and oxygen atoms in total. The largest absolute Gasteiger partial charge is 0.493 e. The van der Waals surface area contributed by atoms with Gasteiger partial charge in [0.2, 0.25) is 0 Å². The lowest BCUT2D eigenvalue weighted by atomic mass is 10.1. The summed E-state index contributed by atoms with van der Waals surface area (Å²) in [6.07, 6.45) is 0.698. The highest BCUT2D eigenvalue weighted by molar-refractivity contribution is 5.73. The first-order chi connectivity index (χ1) is 13.6. The van der Waals surface area contributed by atoms with Crippen LogP contribution in [-0.2, 0) is 13.0 Å². The lowest BCUT2D eigenvalue weighted by molar-refractivity contribution is 0.171.